The van der Waals surface area contributed by atoms with E-state index in [9.17, 15) is 14.0 Å². The minimum absolute atomic E-state index is 0.0162. The number of nitrogens with one attached hydrogen (secondary N) is 1. The van der Waals surface area contributed by atoms with E-state index in [0.717, 1.165) is 29.2 Å². The molecule has 27 heavy (non-hydrogen) atoms. The van der Waals surface area contributed by atoms with Gasteiger partial charge in [-0.2, -0.15) is 5.10 Å². The molecule has 3 heterocycles. The van der Waals surface area contributed by atoms with Crippen LogP contribution < -0.4 is 10.9 Å². The van der Waals surface area contributed by atoms with Crippen LogP contribution in [0.5, 0.6) is 0 Å². The van der Waals surface area contributed by atoms with Crippen molar-refractivity contribution in [3.05, 3.63) is 52.1 Å². The van der Waals surface area contributed by atoms with Crippen molar-refractivity contribution in [3.8, 4) is 0 Å². The second-order valence-corrected chi connectivity index (χ2v) is 6.33. The minimum Gasteiger partial charge on any atom is -0.293 e. The number of pyridine rings is 1. The Morgan fingerprint density at radius 1 is 1.26 bits per heavy atom. The Morgan fingerprint density at radius 3 is 2.59 bits per heavy atom. The minimum atomic E-state index is -0.610. The predicted octanol–water partition coefficient (Wildman–Crippen LogP) is 2.05. The summed E-state index contributed by atoms with van der Waals surface area (Å²) >= 11 is 0. The molecule has 140 valence electrons. The zero-order chi connectivity index (χ0) is 19.6. The summed E-state index contributed by atoms with van der Waals surface area (Å²) in [5.74, 6) is -1.18. The van der Waals surface area contributed by atoms with E-state index in [1.54, 1.807) is 12.1 Å². The molecule has 8 nitrogen and oxygen atoms in total. The van der Waals surface area contributed by atoms with Gasteiger partial charge in [0, 0.05) is 5.69 Å². The number of hydrogen-bond donors (Lipinski definition) is 1. The van der Waals surface area contributed by atoms with Crippen LogP contribution in [0, 0.1) is 5.82 Å². The van der Waals surface area contributed by atoms with Gasteiger partial charge in [-0.25, -0.2) is 19.0 Å². The van der Waals surface area contributed by atoms with Crippen molar-refractivity contribution < 1.29 is 9.18 Å². The van der Waals surface area contributed by atoms with Gasteiger partial charge in [-0.15, -0.1) is 0 Å². The molecular weight excluding hydrogens is 351 g/mol. The van der Waals surface area contributed by atoms with E-state index in [-0.39, 0.29) is 18.4 Å². The summed E-state index contributed by atoms with van der Waals surface area (Å²) in [5, 5.41) is 7.18. The van der Waals surface area contributed by atoms with Gasteiger partial charge in [-0.3, -0.25) is 19.9 Å². The van der Waals surface area contributed by atoms with Crippen LogP contribution in [0.4, 0.5) is 10.3 Å². The number of halogens is 1. The third-order valence-electron chi connectivity index (χ3n) is 3.96. The second-order valence-electron chi connectivity index (χ2n) is 6.33. The molecule has 3 aromatic heterocycles. The number of anilines is 1. The predicted molar refractivity (Wildman–Crippen MR) is 97.9 cm³/mol. The number of rotatable bonds is 5. The number of hydrogen-bond acceptors (Lipinski definition) is 6. The molecule has 0 saturated carbocycles. The number of carbonyl (C=O) groups excluding carboxylic acids is 1. The fourth-order valence-corrected chi connectivity index (χ4v) is 2.60. The second kappa shape index (κ2) is 7.56. The van der Waals surface area contributed by atoms with Crippen molar-refractivity contribution in [3.63, 3.8) is 0 Å². The molecule has 0 radical (unpaired) electrons. The largest absolute Gasteiger partial charge is 0.293 e. The number of aryl methyl sites for hydroxylation is 1. The molecule has 0 atom stereocenters. The van der Waals surface area contributed by atoms with Crippen LogP contribution in [-0.2, 0) is 17.8 Å². The van der Waals surface area contributed by atoms with Crippen molar-refractivity contribution in [2.45, 2.75) is 39.7 Å². The Balaban J connectivity index is 1.96. The van der Waals surface area contributed by atoms with Gasteiger partial charge in [0.25, 0.3) is 5.56 Å². The number of nitrogens with zero attached hydrogens (tertiary/aromatic N) is 5. The third-order valence-corrected chi connectivity index (χ3v) is 3.96. The van der Waals surface area contributed by atoms with E-state index in [4.69, 9.17) is 0 Å². The lowest BCUT2D eigenvalue weighted by Crippen LogP contribution is -2.31. The highest BCUT2D eigenvalue weighted by Crippen LogP contribution is 2.20. The molecule has 1 N–H and O–H groups in total. The quantitative estimate of drug-likeness (QED) is 0.737. The Hall–Kier alpha value is -3.23. The summed E-state index contributed by atoms with van der Waals surface area (Å²) in [6.45, 7) is 5.57. The van der Waals surface area contributed by atoms with Gasteiger partial charge in [-0.1, -0.05) is 20.8 Å². The zero-order valence-corrected chi connectivity index (χ0v) is 15.2. The van der Waals surface area contributed by atoms with Crippen LogP contribution in [0.3, 0.4) is 0 Å². The smallest absolute Gasteiger partial charge is 0.276 e. The molecule has 0 unspecified atom stereocenters. The van der Waals surface area contributed by atoms with Gasteiger partial charge < -0.3 is 0 Å². The van der Waals surface area contributed by atoms with Gasteiger partial charge in [0.05, 0.1) is 29.0 Å². The molecule has 3 aromatic rings. The fourth-order valence-electron chi connectivity index (χ4n) is 2.60. The van der Waals surface area contributed by atoms with Crippen LogP contribution in [0.15, 0.2) is 29.3 Å². The van der Waals surface area contributed by atoms with Crippen LogP contribution in [0.2, 0.25) is 0 Å². The maximum atomic E-state index is 12.8. The van der Waals surface area contributed by atoms with E-state index in [0.29, 0.717) is 16.6 Å². The summed E-state index contributed by atoms with van der Waals surface area (Å²) < 4.78 is 13.9. The van der Waals surface area contributed by atoms with Crippen molar-refractivity contribution in [1.29, 1.82) is 0 Å². The Morgan fingerprint density at radius 2 is 1.96 bits per heavy atom. The van der Waals surface area contributed by atoms with Crippen molar-refractivity contribution in [2.24, 2.45) is 0 Å². The van der Waals surface area contributed by atoms with Crippen molar-refractivity contribution in [1.82, 2.24) is 24.7 Å². The first kappa shape index (κ1) is 18.6. The lowest BCUT2D eigenvalue weighted by molar-refractivity contribution is -0.117. The zero-order valence-electron chi connectivity index (χ0n) is 15.2. The molecule has 0 aliphatic rings. The topological polar surface area (TPSA) is 103 Å². The molecule has 0 saturated heterocycles. The fraction of sp³-hybridized carbons (Fsp3) is 0.333. The lowest BCUT2D eigenvalue weighted by atomic mass is 10.1. The van der Waals surface area contributed by atoms with Gasteiger partial charge in [0.15, 0.2) is 5.82 Å². The molecule has 0 fully saturated rings. The van der Waals surface area contributed by atoms with E-state index < -0.39 is 17.3 Å². The molecule has 0 aliphatic carbocycles. The first-order valence-electron chi connectivity index (χ1n) is 8.57. The van der Waals surface area contributed by atoms with Gasteiger partial charge >= 0.3 is 0 Å². The van der Waals surface area contributed by atoms with E-state index >= 15 is 0 Å². The van der Waals surface area contributed by atoms with Crippen LogP contribution in [-0.4, -0.2) is 30.6 Å². The number of aromatic nitrogens is 5. The number of carbonyl (C=O) groups is 1. The average molecular weight is 370 g/mol. The van der Waals surface area contributed by atoms with Crippen LogP contribution in [0.25, 0.3) is 10.9 Å². The summed E-state index contributed by atoms with van der Waals surface area (Å²) in [6.07, 6.45) is 2.63. The van der Waals surface area contributed by atoms with Gasteiger partial charge in [0.1, 0.15) is 6.54 Å². The molecule has 9 heteroatoms. The Labute approximate surface area is 154 Å². The molecule has 3 rings (SSSR count). The lowest BCUT2D eigenvalue weighted by Gasteiger charge is -2.13. The molecule has 0 aromatic carbocycles. The van der Waals surface area contributed by atoms with Crippen LogP contribution >= 0.6 is 0 Å². The normalized spacial score (nSPS) is 11.1. The van der Waals surface area contributed by atoms with Gasteiger partial charge in [-0.05, 0) is 24.5 Å². The Kier molecular flexibility index (Phi) is 5.20. The summed E-state index contributed by atoms with van der Waals surface area (Å²) in [5.41, 5.74) is 1.67. The Bertz CT molecular complexity index is 1050. The summed E-state index contributed by atoms with van der Waals surface area (Å²) in [6, 6.07) is 3.51. The average Bonchev–Trinajstić information content (AvgIpc) is 2.65. The maximum Gasteiger partial charge on any atom is 0.276 e. The SMILES string of the molecule is CCc1ccc2c(=O)n(CC(=O)Nc3ncc(F)cn3)nc(C(C)C)c2n1. The monoisotopic (exact) mass is 370 g/mol. The number of fused-ring (bicyclic) bond motifs is 1. The summed E-state index contributed by atoms with van der Waals surface area (Å²) in [4.78, 5) is 36.8. The maximum absolute atomic E-state index is 12.8. The van der Waals surface area contributed by atoms with Gasteiger partial charge in [0.2, 0.25) is 11.9 Å². The highest BCUT2D eigenvalue weighted by molar-refractivity contribution is 5.89. The molecular formula is C18H19FN6O2. The molecule has 1 amide bonds. The summed E-state index contributed by atoms with van der Waals surface area (Å²) in [7, 11) is 0. The molecule has 0 bridgehead atoms. The highest BCUT2D eigenvalue weighted by atomic mass is 19.1. The highest BCUT2D eigenvalue weighted by Gasteiger charge is 2.17. The first-order valence-corrected chi connectivity index (χ1v) is 8.57. The van der Waals surface area contributed by atoms with E-state index in [1.807, 2.05) is 20.8 Å². The third kappa shape index (κ3) is 3.97. The van der Waals surface area contributed by atoms with Crippen LogP contribution in [0.1, 0.15) is 38.1 Å². The molecule has 0 aliphatic heterocycles. The van der Waals surface area contributed by atoms with Crippen molar-refractivity contribution >= 4 is 22.8 Å². The van der Waals surface area contributed by atoms with E-state index in [1.165, 1.54) is 0 Å². The first-order chi connectivity index (χ1) is 12.9. The number of amides is 1. The van der Waals surface area contributed by atoms with E-state index in [2.05, 4.69) is 25.4 Å². The molecule has 0 spiro atoms. The van der Waals surface area contributed by atoms with Crippen molar-refractivity contribution in [2.75, 3.05) is 5.32 Å². The standard InChI is InChI=1S/C18H19FN6O2/c1-4-12-5-6-13-16(22-12)15(10(2)3)24-25(17(13)27)9-14(26)23-18-20-7-11(19)8-21-18/h5-8,10H,4,9H2,1-3H3,(H,20,21,23,26).